The van der Waals surface area contributed by atoms with Crippen molar-refractivity contribution in [3.8, 4) is 0 Å². The lowest BCUT2D eigenvalue weighted by atomic mass is 10.1. The maximum absolute atomic E-state index is 12.1. The molecule has 0 aliphatic heterocycles. The lowest BCUT2D eigenvalue weighted by Crippen LogP contribution is -2.15. The lowest BCUT2D eigenvalue weighted by molar-refractivity contribution is -0.139. The monoisotopic (exact) mass is 329 g/mol. The SMILES string of the molecule is CCc1c(C(=O)OC)cn([C@H](C)c2ccccc2)c1CC(=O)OC. The highest BCUT2D eigenvalue weighted by Gasteiger charge is 2.24. The fraction of sp³-hybridized carbons (Fsp3) is 0.368. The Hall–Kier alpha value is -2.56. The highest BCUT2D eigenvalue weighted by Crippen LogP contribution is 2.27. The topological polar surface area (TPSA) is 57.5 Å². The summed E-state index contributed by atoms with van der Waals surface area (Å²) >= 11 is 0. The second-order valence-corrected chi connectivity index (χ2v) is 5.56. The van der Waals surface area contributed by atoms with Gasteiger partial charge in [0.25, 0.3) is 0 Å². The van der Waals surface area contributed by atoms with Crippen LogP contribution in [0.3, 0.4) is 0 Å². The Balaban J connectivity index is 2.57. The van der Waals surface area contributed by atoms with E-state index >= 15 is 0 Å². The standard InChI is InChI=1S/C19H23NO4/c1-5-15-16(19(22)24-4)12-20(17(15)11-18(21)23-3)13(2)14-9-7-6-8-10-14/h6-10,12-13H,5,11H2,1-4H3/t13-/m1/s1. The Bertz CT molecular complexity index is 718. The molecule has 1 aromatic carbocycles. The van der Waals surface area contributed by atoms with Gasteiger partial charge >= 0.3 is 11.9 Å². The van der Waals surface area contributed by atoms with E-state index in [0.717, 1.165) is 16.8 Å². The summed E-state index contributed by atoms with van der Waals surface area (Å²) in [6.45, 7) is 4.00. The average Bonchev–Trinajstić information content (AvgIpc) is 2.99. The van der Waals surface area contributed by atoms with Gasteiger partial charge in [0.15, 0.2) is 0 Å². The summed E-state index contributed by atoms with van der Waals surface area (Å²) in [7, 11) is 2.72. The Morgan fingerprint density at radius 3 is 2.33 bits per heavy atom. The van der Waals surface area contributed by atoms with Gasteiger partial charge in [-0.15, -0.1) is 0 Å². The molecule has 0 spiro atoms. The predicted octanol–water partition coefficient (Wildman–Crippen LogP) is 3.16. The molecule has 0 unspecified atom stereocenters. The van der Waals surface area contributed by atoms with Gasteiger partial charge in [0.1, 0.15) is 0 Å². The van der Waals surface area contributed by atoms with Crippen molar-refractivity contribution in [3.05, 3.63) is 58.9 Å². The van der Waals surface area contributed by atoms with Gasteiger partial charge in [-0.05, 0) is 24.5 Å². The van der Waals surface area contributed by atoms with Gasteiger partial charge in [0.2, 0.25) is 0 Å². The minimum Gasteiger partial charge on any atom is -0.469 e. The first-order chi connectivity index (χ1) is 11.5. The highest BCUT2D eigenvalue weighted by molar-refractivity contribution is 5.92. The number of hydrogen-bond acceptors (Lipinski definition) is 4. The second kappa shape index (κ2) is 7.81. The van der Waals surface area contributed by atoms with Crippen LogP contribution in [0.2, 0.25) is 0 Å². The van der Waals surface area contributed by atoms with Crippen molar-refractivity contribution in [2.45, 2.75) is 32.7 Å². The largest absolute Gasteiger partial charge is 0.469 e. The first-order valence-corrected chi connectivity index (χ1v) is 7.96. The molecule has 0 aliphatic carbocycles. The van der Waals surface area contributed by atoms with Crippen molar-refractivity contribution in [3.63, 3.8) is 0 Å². The summed E-state index contributed by atoms with van der Waals surface area (Å²) in [6.07, 6.45) is 2.53. The van der Waals surface area contributed by atoms with Crippen LogP contribution in [0.15, 0.2) is 36.5 Å². The second-order valence-electron chi connectivity index (χ2n) is 5.56. The molecule has 2 rings (SSSR count). The summed E-state index contributed by atoms with van der Waals surface area (Å²) in [4.78, 5) is 24.0. The summed E-state index contributed by atoms with van der Waals surface area (Å²) in [5, 5.41) is 0. The van der Waals surface area contributed by atoms with E-state index in [9.17, 15) is 9.59 Å². The van der Waals surface area contributed by atoms with Crippen molar-refractivity contribution in [2.75, 3.05) is 14.2 Å². The van der Waals surface area contributed by atoms with Crippen LogP contribution in [-0.4, -0.2) is 30.7 Å². The molecule has 5 heteroatoms. The zero-order chi connectivity index (χ0) is 17.7. The van der Waals surface area contributed by atoms with E-state index in [1.54, 1.807) is 6.20 Å². The maximum atomic E-state index is 12.1. The van der Waals surface area contributed by atoms with Crippen molar-refractivity contribution in [1.29, 1.82) is 0 Å². The number of nitrogens with zero attached hydrogens (tertiary/aromatic N) is 1. The maximum Gasteiger partial charge on any atom is 0.339 e. The summed E-state index contributed by atoms with van der Waals surface area (Å²) in [5.74, 6) is -0.724. The molecule has 24 heavy (non-hydrogen) atoms. The van der Waals surface area contributed by atoms with E-state index in [1.165, 1.54) is 14.2 Å². The zero-order valence-electron chi connectivity index (χ0n) is 14.5. The average molecular weight is 329 g/mol. The van der Waals surface area contributed by atoms with Crippen molar-refractivity contribution >= 4 is 11.9 Å². The van der Waals surface area contributed by atoms with Crippen molar-refractivity contribution in [2.24, 2.45) is 0 Å². The number of hydrogen-bond donors (Lipinski definition) is 0. The van der Waals surface area contributed by atoms with Gasteiger partial charge in [-0.2, -0.15) is 0 Å². The molecule has 5 nitrogen and oxygen atoms in total. The van der Waals surface area contributed by atoms with Gasteiger partial charge in [0.05, 0.1) is 32.2 Å². The quantitative estimate of drug-likeness (QED) is 0.764. The normalized spacial score (nSPS) is 11.8. The van der Waals surface area contributed by atoms with Gasteiger partial charge in [-0.25, -0.2) is 4.79 Å². The van der Waals surface area contributed by atoms with Crippen molar-refractivity contribution in [1.82, 2.24) is 4.57 Å². The molecule has 128 valence electrons. The Labute approximate surface area is 142 Å². The highest BCUT2D eigenvalue weighted by atomic mass is 16.5. The fourth-order valence-corrected chi connectivity index (χ4v) is 2.93. The van der Waals surface area contributed by atoms with Crippen LogP contribution < -0.4 is 0 Å². The minimum atomic E-state index is -0.392. The molecule has 1 heterocycles. The predicted molar refractivity (Wildman–Crippen MR) is 91.1 cm³/mol. The van der Waals surface area contributed by atoms with Crippen LogP contribution in [0.5, 0.6) is 0 Å². The number of esters is 2. The Kier molecular flexibility index (Phi) is 5.79. The molecule has 0 saturated heterocycles. The molecule has 1 atom stereocenters. The summed E-state index contributed by atoms with van der Waals surface area (Å²) in [5.41, 5.74) is 3.22. The van der Waals surface area contributed by atoms with Gasteiger partial charge in [-0.3, -0.25) is 4.79 Å². The number of carbonyl (C=O) groups excluding carboxylic acids is 2. The van der Waals surface area contributed by atoms with Gasteiger partial charge in [0, 0.05) is 11.9 Å². The molecule has 0 aliphatic rings. The summed E-state index contributed by atoms with van der Waals surface area (Å²) in [6, 6.07) is 9.92. The minimum absolute atomic E-state index is 0.0189. The van der Waals surface area contributed by atoms with E-state index in [0.29, 0.717) is 12.0 Å². The van der Waals surface area contributed by atoms with E-state index in [2.05, 4.69) is 0 Å². The first kappa shape index (κ1) is 17.8. The van der Waals surface area contributed by atoms with Crippen molar-refractivity contribution < 1.29 is 19.1 Å². The summed E-state index contributed by atoms with van der Waals surface area (Å²) < 4.78 is 11.7. The lowest BCUT2D eigenvalue weighted by Gasteiger charge is -2.18. The Morgan fingerprint density at radius 2 is 1.79 bits per heavy atom. The van der Waals surface area contributed by atoms with E-state index in [4.69, 9.17) is 9.47 Å². The molecule has 0 saturated carbocycles. The number of carbonyl (C=O) groups is 2. The smallest absolute Gasteiger partial charge is 0.339 e. The molecule has 2 aromatic rings. The van der Waals surface area contributed by atoms with Crippen LogP contribution >= 0.6 is 0 Å². The van der Waals surface area contributed by atoms with Gasteiger partial charge < -0.3 is 14.0 Å². The molecule has 0 amide bonds. The van der Waals surface area contributed by atoms with E-state index in [1.807, 2.05) is 48.7 Å². The molecule has 0 radical (unpaired) electrons. The molecule has 1 aromatic heterocycles. The zero-order valence-corrected chi connectivity index (χ0v) is 14.5. The first-order valence-electron chi connectivity index (χ1n) is 7.96. The number of ether oxygens (including phenoxy) is 2. The van der Waals surface area contributed by atoms with Crippen LogP contribution in [-0.2, 0) is 27.1 Å². The third-order valence-corrected chi connectivity index (χ3v) is 4.25. The van der Waals surface area contributed by atoms with E-state index < -0.39 is 5.97 Å². The number of benzene rings is 1. The van der Waals surface area contributed by atoms with Crippen LogP contribution in [0.4, 0.5) is 0 Å². The third kappa shape index (κ3) is 3.50. The third-order valence-electron chi connectivity index (χ3n) is 4.25. The van der Waals surface area contributed by atoms with Crippen LogP contribution in [0, 0.1) is 0 Å². The molecule has 0 N–H and O–H groups in total. The fourth-order valence-electron chi connectivity index (χ4n) is 2.93. The van der Waals surface area contributed by atoms with Crippen LogP contribution in [0.1, 0.15) is 47.1 Å². The molecule has 0 bridgehead atoms. The number of aromatic nitrogens is 1. The molecular formula is C19H23NO4. The Morgan fingerprint density at radius 1 is 1.12 bits per heavy atom. The number of rotatable bonds is 6. The molecule has 0 fully saturated rings. The van der Waals surface area contributed by atoms with Crippen LogP contribution in [0.25, 0.3) is 0 Å². The molecular weight excluding hydrogens is 306 g/mol. The van der Waals surface area contributed by atoms with Gasteiger partial charge in [-0.1, -0.05) is 37.3 Å². The van der Waals surface area contributed by atoms with E-state index in [-0.39, 0.29) is 18.4 Å². The number of methoxy groups -OCH3 is 2.